The second-order valence-electron chi connectivity index (χ2n) is 4.83. The smallest absolute Gasteiger partial charge is 0.0628 e. The quantitative estimate of drug-likeness (QED) is 0.844. The first-order valence-corrected chi connectivity index (χ1v) is 6.17. The molecule has 0 aromatic heterocycles. The van der Waals surface area contributed by atoms with E-state index in [-0.39, 0.29) is 12.6 Å². The minimum absolute atomic E-state index is 0.161. The van der Waals surface area contributed by atoms with E-state index < -0.39 is 0 Å². The molecular formula is C14H21NO. The molecule has 88 valence electrons. The van der Waals surface area contributed by atoms with Gasteiger partial charge >= 0.3 is 0 Å². The first-order valence-electron chi connectivity index (χ1n) is 6.17. The van der Waals surface area contributed by atoms with Gasteiger partial charge in [0, 0.05) is 12.1 Å². The molecule has 1 fully saturated rings. The third-order valence-corrected chi connectivity index (χ3v) is 3.74. The van der Waals surface area contributed by atoms with Crippen LogP contribution in [0.3, 0.4) is 0 Å². The first-order chi connectivity index (χ1) is 7.74. The summed E-state index contributed by atoms with van der Waals surface area (Å²) < 4.78 is 0. The standard InChI is InChI=1S/C14H21NO/c1-11-8-9-12(2)15(11)14(10-16)13-6-4-3-5-7-13/h3-7,11-12,14,16H,8-10H2,1-2H3/t11-,12-,14-/m1/s1. The van der Waals surface area contributed by atoms with E-state index in [1.54, 1.807) is 0 Å². The zero-order valence-corrected chi connectivity index (χ0v) is 10.1. The Hall–Kier alpha value is -0.860. The average Bonchev–Trinajstić information content (AvgIpc) is 2.63. The molecule has 16 heavy (non-hydrogen) atoms. The molecule has 1 aliphatic heterocycles. The van der Waals surface area contributed by atoms with Crippen LogP contribution in [0.1, 0.15) is 38.3 Å². The number of aliphatic hydroxyl groups excluding tert-OH is 1. The fraction of sp³-hybridized carbons (Fsp3) is 0.571. The molecule has 1 saturated heterocycles. The largest absolute Gasteiger partial charge is 0.394 e. The summed E-state index contributed by atoms with van der Waals surface area (Å²) in [6.07, 6.45) is 2.48. The number of nitrogens with zero attached hydrogens (tertiary/aromatic N) is 1. The number of likely N-dealkylation sites (tertiary alicyclic amines) is 1. The van der Waals surface area contributed by atoms with Gasteiger partial charge in [-0.25, -0.2) is 0 Å². The molecule has 0 radical (unpaired) electrons. The zero-order chi connectivity index (χ0) is 11.5. The molecule has 1 N–H and O–H groups in total. The van der Waals surface area contributed by atoms with E-state index in [1.165, 1.54) is 18.4 Å². The lowest BCUT2D eigenvalue weighted by atomic mass is 10.0. The number of benzene rings is 1. The molecule has 2 heteroatoms. The van der Waals surface area contributed by atoms with E-state index in [4.69, 9.17) is 0 Å². The Kier molecular flexibility index (Phi) is 3.62. The van der Waals surface area contributed by atoms with Gasteiger partial charge in [-0.15, -0.1) is 0 Å². The summed E-state index contributed by atoms with van der Waals surface area (Å²) >= 11 is 0. The minimum Gasteiger partial charge on any atom is -0.394 e. The van der Waals surface area contributed by atoms with Crippen molar-refractivity contribution in [3.8, 4) is 0 Å². The topological polar surface area (TPSA) is 23.5 Å². The summed E-state index contributed by atoms with van der Waals surface area (Å²) in [7, 11) is 0. The lowest BCUT2D eigenvalue weighted by Crippen LogP contribution is -2.38. The molecule has 2 nitrogen and oxygen atoms in total. The second kappa shape index (κ2) is 4.98. The molecule has 1 heterocycles. The summed E-state index contributed by atoms with van der Waals surface area (Å²) in [5, 5.41) is 9.63. The summed E-state index contributed by atoms with van der Waals surface area (Å²) in [6.45, 7) is 4.73. The van der Waals surface area contributed by atoms with E-state index in [1.807, 2.05) is 18.2 Å². The van der Waals surface area contributed by atoms with E-state index >= 15 is 0 Å². The van der Waals surface area contributed by atoms with E-state index in [0.29, 0.717) is 12.1 Å². The van der Waals surface area contributed by atoms with Gasteiger partial charge in [0.25, 0.3) is 0 Å². The van der Waals surface area contributed by atoms with Gasteiger partial charge in [0.2, 0.25) is 0 Å². The fourth-order valence-electron chi connectivity index (χ4n) is 2.88. The lowest BCUT2D eigenvalue weighted by molar-refractivity contribution is 0.0890. The Morgan fingerprint density at radius 2 is 1.75 bits per heavy atom. The molecule has 1 aromatic carbocycles. The maximum atomic E-state index is 9.63. The van der Waals surface area contributed by atoms with Crippen LogP contribution in [0.15, 0.2) is 30.3 Å². The van der Waals surface area contributed by atoms with Crippen molar-refractivity contribution in [2.75, 3.05) is 6.61 Å². The first kappa shape index (κ1) is 11.6. The van der Waals surface area contributed by atoms with Crippen molar-refractivity contribution in [2.45, 2.75) is 44.8 Å². The third-order valence-electron chi connectivity index (χ3n) is 3.74. The summed E-state index contributed by atoms with van der Waals surface area (Å²) in [6, 6.07) is 11.6. The zero-order valence-electron chi connectivity index (χ0n) is 10.1. The van der Waals surface area contributed by atoms with Crippen molar-refractivity contribution in [1.29, 1.82) is 0 Å². The van der Waals surface area contributed by atoms with Crippen LogP contribution in [0.25, 0.3) is 0 Å². The van der Waals surface area contributed by atoms with Crippen LogP contribution in [0.2, 0.25) is 0 Å². The molecule has 3 atom stereocenters. The van der Waals surface area contributed by atoms with Crippen LogP contribution in [0.4, 0.5) is 0 Å². The van der Waals surface area contributed by atoms with Crippen molar-refractivity contribution in [1.82, 2.24) is 4.90 Å². The van der Waals surface area contributed by atoms with Crippen LogP contribution >= 0.6 is 0 Å². The van der Waals surface area contributed by atoms with Crippen LogP contribution in [-0.4, -0.2) is 28.7 Å². The van der Waals surface area contributed by atoms with Crippen molar-refractivity contribution in [2.24, 2.45) is 0 Å². The van der Waals surface area contributed by atoms with Crippen LogP contribution in [0.5, 0.6) is 0 Å². The Balaban J connectivity index is 2.22. The SMILES string of the molecule is C[C@@H]1CC[C@@H](C)N1[C@H](CO)c1ccccc1. The van der Waals surface area contributed by atoms with Crippen LogP contribution in [0, 0.1) is 0 Å². The number of hydrogen-bond acceptors (Lipinski definition) is 2. The number of aliphatic hydroxyl groups is 1. The normalized spacial score (nSPS) is 28.2. The van der Waals surface area contributed by atoms with Crippen molar-refractivity contribution in [3.63, 3.8) is 0 Å². The van der Waals surface area contributed by atoms with Crippen LogP contribution < -0.4 is 0 Å². The minimum atomic E-state index is 0.161. The van der Waals surface area contributed by atoms with Crippen molar-refractivity contribution in [3.05, 3.63) is 35.9 Å². The molecule has 0 unspecified atom stereocenters. The van der Waals surface area contributed by atoms with Gasteiger partial charge < -0.3 is 5.11 Å². The Bertz CT molecular complexity index is 315. The van der Waals surface area contributed by atoms with Gasteiger partial charge in [0.15, 0.2) is 0 Å². The van der Waals surface area contributed by atoms with Gasteiger partial charge in [-0.1, -0.05) is 30.3 Å². The number of hydrogen-bond donors (Lipinski definition) is 1. The third kappa shape index (κ3) is 2.13. The average molecular weight is 219 g/mol. The Morgan fingerprint density at radius 3 is 2.25 bits per heavy atom. The molecule has 0 aliphatic carbocycles. The predicted molar refractivity (Wildman–Crippen MR) is 66.3 cm³/mol. The van der Waals surface area contributed by atoms with E-state index in [2.05, 4.69) is 30.9 Å². The van der Waals surface area contributed by atoms with Crippen molar-refractivity contribution < 1.29 is 5.11 Å². The fourth-order valence-corrected chi connectivity index (χ4v) is 2.88. The highest BCUT2D eigenvalue weighted by Crippen LogP contribution is 2.33. The lowest BCUT2D eigenvalue weighted by Gasteiger charge is -2.34. The second-order valence-corrected chi connectivity index (χ2v) is 4.83. The summed E-state index contributed by atoms with van der Waals surface area (Å²) in [5.41, 5.74) is 1.23. The van der Waals surface area contributed by atoms with Gasteiger partial charge in [0.05, 0.1) is 12.6 Å². The highest BCUT2D eigenvalue weighted by molar-refractivity contribution is 5.20. The molecule has 0 amide bonds. The summed E-state index contributed by atoms with van der Waals surface area (Å²) in [5.74, 6) is 0. The molecule has 0 bridgehead atoms. The van der Waals surface area contributed by atoms with E-state index in [9.17, 15) is 5.11 Å². The molecule has 0 saturated carbocycles. The van der Waals surface area contributed by atoms with E-state index in [0.717, 1.165) is 0 Å². The maximum Gasteiger partial charge on any atom is 0.0628 e. The van der Waals surface area contributed by atoms with Crippen molar-refractivity contribution >= 4 is 0 Å². The molecular weight excluding hydrogens is 198 g/mol. The Labute approximate surface area is 97.9 Å². The predicted octanol–water partition coefficient (Wildman–Crippen LogP) is 2.59. The highest BCUT2D eigenvalue weighted by atomic mass is 16.3. The molecule has 1 aromatic rings. The number of rotatable bonds is 3. The molecule has 0 spiro atoms. The van der Waals surface area contributed by atoms with Gasteiger partial charge in [-0.3, -0.25) is 4.90 Å². The monoisotopic (exact) mass is 219 g/mol. The Morgan fingerprint density at radius 1 is 1.19 bits per heavy atom. The van der Waals surface area contributed by atoms with Gasteiger partial charge in [-0.2, -0.15) is 0 Å². The van der Waals surface area contributed by atoms with Gasteiger partial charge in [-0.05, 0) is 32.3 Å². The highest BCUT2D eigenvalue weighted by Gasteiger charge is 2.33. The van der Waals surface area contributed by atoms with Gasteiger partial charge in [0.1, 0.15) is 0 Å². The molecule has 2 rings (SSSR count). The molecule has 1 aliphatic rings. The van der Waals surface area contributed by atoms with Crippen LogP contribution in [-0.2, 0) is 0 Å². The summed E-state index contributed by atoms with van der Waals surface area (Å²) in [4.78, 5) is 2.45. The maximum absolute atomic E-state index is 9.63.